The van der Waals surface area contributed by atoms with Gasteiger partial charge >= 0.3 is 5.97 Å². The summed E-state index contributed by atoms with van der Waals surface area (Å²) in [6, 6.07) is 9.74. The second-order valence-corrected chi connectivity index (χ2v) is 6.13. The van der Waals surface area contributed by atoms with Crippen molar-refractivity contribution in [2.24, 2.45) is 0 Å². The van der Waals surface area contributed by atoms with Gasteiger partial charge in [-0.05, 0) is 37.3 Å². The maximum atomic E-state index is 12.1. The molecule has 2 rings (SSSR count). The Labute approximate surface area is 164 Å². The van der Waals surface area contributed by atoms with E-state index in [1.165, 1.54) is 43.3 Å². The first-order chi connectivity index (χ1) is 12.8. The predicted molar refractivity (Wildman–Crippen MR) is 99.2 cm³/mol. The molecule has 0 spiro atoms. The molecular formula is C17H14Cl2N2O6. The topological polar surface area (TPSA) is 108 Å². The average molecular weight is 413 g/mol. The number of carbonyl (C=O) groups excluding carboxylic acids is 2. The molecule has 0 saturated heterocycles. The van der Waals surface area contributed by atoms with E-state index in [-0.39, 0.29) is 16.5 Å². The maximum Gasteiger partial charge on any atom is 0.344 e. The van der Waals surface area contributed by atoms with Crippen molar-refractivity contribution in [2.45, 2.75) is 13.0 Å². The summed E-state index contributed by atoms with van der Waals surface area (Å²) in [6.45, 7) is 0.922. The third kappa shape index (κ3) is 6.12. The maximum absolute atomic E-state index is 12.1. The quantitative estimate of drug-likeness (QED) is 0.420. The van der Waals surface area contributed by atoms with Gasteiger partial charge in [0.15, 0.2) is 12.7 Å². The number of non-ortho nitro benzene ring substituents is 1. The van der Waals surface area contributed by atoms with Gasteiger partial charge in [0.2, 0.25) is 0 Å². The number of benzene rings is 2. The number of halogens is 2. The van der Waals surface area contributed by atoms with Crippen molar-refractivity contribution in [3.63, 3.8) is 0 Å². The van der Waals surface area contributed by atoms with Gasteiger partial charge < -0.3 is 14.8 Å². The molecule has 0 aliphatic carbocycles. The van der Waals surface area contributed by atoms with Crippen LogP contribution in [-0.2, 0) is 14.3 Å². The van der Waals surface area contributed by atoms with Crippen LogP contribution in [0.1, 0.15) is 6.92 Å². The number of nitro benzene ring substituents is 1. The normalized spacial score (nSPS) is 11.4. The molecule has 0 radical (unpaired) electrons. The number of amides is 1. The molecule has 0 bridgehead atoms. The third-order valence-corrected chi connectivity index (χ3v) is 3.83. The van der Waals surface area contributed by atoms with Gasteiger partial charge in [0, 0.05) is 17.2 Å². The van der Waals surface area contributed by atoms with E-state index >= 15 is 0 Å². The Hall–Kier alpha value is -2.84. The molecule has 2 aromatic carbocycles. The first-order valence-electron chi connectivity index (χ1n) is 7.59. The number of hydrogen-bond acceptors (Lipinski definition) is 6. The van der Waals surface area contributed by atoms with E-state index in [1.807, 2.05) is 0 Å². The molecule has 10 heteroatoms. The molecule has 27 heavy (non-hydrogen) atoms. The summed E-state index contributed by atoms with van der Waals surface area (Å²) in [5.41, 5.74) is 0.189. The van der Waals surface area contributed by atoms with Crippen LogP contribution in [0, 0.1) is 10.1 Å². The van der Waals surface area contributed by atoms with Crippen LogP contribution in [0.15, 0.2) is 42.5 Å². The van der Waals surface area contributed by atoms with Crippen LogP contribution in [0.5, 0.6) is 5.75 Å². The number of ether oxygens (including phenoxy) is 2. The lowest BCUT2D eigenvalue weighted by atomic mass is 10.3. The smallest absolute Gasteiger partial charge is 0.344 e. The summed E-state index contributed by atoms with van der Waals surface area (Å²) < 4.78 is 10.1. The fourth-order valence-electron chi connectivity index (χ4n) is 1.92. The van der Waals surface area contributed by atoms with Crippen molar-refractivity contribution >= 4 is 46.5 Å². The summed E-state index contributed by atoms with van der Waals surface area (Å²) in [5.74, 6) is -1.13. The minimum Gasteiger partial charge on any atom is -0.482 e. The Morgan fingerprint density at radius 1 is 1.19 bits per heavy atom. The second kappa shape index (κ2) is 9.20. The van der Waals surface area contributed by atoms with Crippen molar-refractivity contribution in [3.8, 4) is 5.75 Å². The van der Waals surface area contributed by atoms with Crippen LogP contribution < -0.4 is 10.1 Å². The lowest BCUT2D eigenvalue weighted by Gasteiger charge is -2.14. The van der Waals surface area contributed by atoms with E-state index in [9.17, 15) is 19.7 Å². The average Bonchev–Trinajstić information content (AvgIpc) is 2.63. The summed E-state index contributed by atoms with van der Waals surface area (Å²) in [7, 11) is 0. The zero-order valence-corrected chi connectivity index (χ0v) is 15.5. The van der Waals surface area contributed by atoms with Gasteiger partial charge in [0.25, 0.3) is 11.6 Å². The van der Waals surface area contributed by atoms with E-state index < -0.39 is 29.5 Å². The van der Waals surface area contributed by atoms with Gasteiger partial charge in [0.05, 0.1) is 15.6 Å². The highest BCUT2D eigenvalue weighted by atomic mass is 35.5. The lowest BCUT2D eigenvalue weighted by Crippen LogP contribution is -2.31. The van der Waals surface area contributed by atoms with Crippen molar-refractivity contribution in [1.82, 2.24) is 0 Å². The SMILES string of the molecule is C[C@H](OC(=O)COc1ccc([N+](=O)[O-])cc1)C(=O)Nc1cc(Cl)ccc1Cl. The zero-order valence-electron chi connectivity index (χ0n) is 14.0. The van der Waals surface area contributed by atoms with Crippen LogP contribution >= 0.6 is 23.2 Å². The summed E-state index contributed by atoms with van der Waals surface area (Å²) in [4.78, 5) is 33.9. The van der Waals surface area contributed by atoms with Gasteiger partial charge in [-0.3, -0.25) is 14.9 Å². The molecule has 0 unspecified atom stereocenters. The van der Waals surface area contributed by atoms with Crippen LogP contribution in [0.25, 0.3) is 0 Å². The molecule has 1 N–H and O–H groups in total. The van der Waals surface area contributed by atoms with E-state index in [0.717, 1.165) is 0 Å². The van der Waals surface area contributed by atoms with E-state index in [1.54, 1.807) is 6.07 Å². The molecular weight excluding hydrogens is 399 g/mol. The summed E-state index contributed by atoms with van der Waals surface area (Å²) >= 11 is 11.8. The molecule has 0 fully saturated rings. The molecule has 0 saturated carbocycles. The van der Waals surface area contributed by atoms with Crippen molar-refractivity contribution < 1.29 is 24.0 Å². The van der Waals surface area contributed by atoms with Crippen LogP contribution in [0.3, 0.4) is 0 Å². The monoisotopic (exact) mass is 412 g/mol. The van der Waals surface area contributed by atoms with Gasteiger partial charge in [-0.25, -0.2) is 4.79 Å². The Bertz CT molecular complexity index is 857. The van der Waals surface area contributed by atoms with E-state index in [2.05, 4.69) is 5.32 Å². The predicted octanol–water partition coefficient (Wildman–Crippen LogP) is 3.85. The van der Waals surface area contributed by atoms with Crippen molar-refractivity contribution in [3.05, 3.63) is 62.6 Å². The molecule has 142 valence electrons. The highest BCUT2D eigenvalue weighted by molar-refractivity contribution is 6.35. The molecule has 1 atom stereocenters. The van der Waals surface area contributed by atoms with Crippen LogP contribution in [0.2, 0.25) is 10.0 Å². The second-order valence-electron chi connectivity index (χ2n) is 5.29. The Balaban J connectivity index is 1.84. The fraction of sp³-hybridized carbons (Fsp3) is 0.176. The molecule has 8 nitrogen and oxygen atoms in total. The number of hydrogen-bond donors (Lipinski definition) is 1. The van der Waals surface area contributed by atoms with Gasteiger partial charge in [-0.1, -0.05) is 23.2 Å². The standard InChI is InChI=1S/C17H14Cl2N2O6/c1-10(17(23)20-15-8-11(18)2-7-14(15)19)27-16(22)9-26-13-5-3-12(4-6-13)21(24)25/h2-8,10H,9H2,1H3,(H,20,23)/t10-/m0/s1. The largest absolute Gasteiger partial charge is 0.482 e. The number of nitrogens with zero attached hydrogens (tertiary/aromatic N) is 1. The van der Waals surface area contributed by atoms with Gasteiger partial charge in [-0.15, -0.1) is 0 Å². The number of carbonyl (C=O) groups is 2. The lowest BCUT2D eigenvalue weighted by molar-refractivity contribution is -0.384. The van der Waals surface area contributed by atoms with Crippen LogP contribution in [-0.4, -0.2) is 29.5 Å². The van der Waals surface area contributed by atoms with Gasteiger partial charge in [-0.2, -0.15) is 0 Å². The number of esters is 1. The Morgan fingerprint density at radius 3 is 2.48 bits per heavy atom. The van der Waals surface area contributed by atoms with E-state index in [4.69, 9.17) is 32.7 Å². The first-order valence-corrected chi connectivity index (χ1v) is 8.34. The minimum absolute atomic E-state index is 0.102. The molecule has 2 aromatic rings. The number of rotatable bonds is 7. The summed E-state index contributed by atoms with van der Waals surface area (Å²) in [5, 5.41) is 13.8. The molecule has 1 amide bonds. The Kier molecular flexibility index (Phi) is 6.98. The zero-order chi connectivity index (χ0) is 20.0. The highest BCUT2D eigenvalue weighted by Gasteiger charge is 2.19. The molecule has 0 aliphatic heterocycles. The number of nitrogens with one attached hydrogen (secondary N) is 1. The highest BCUT2D eigenvalue weighted by Crippen LogP contribution is 2.25. The first kappa shape index (κ1) is 20.5. The van der Waals surface area contributed by atoms with Gasteiger partial charge in [0.1, 0.15) is 5.75 Å². The van der Waals surface area contributed by atoms with Crippen molar-refractivity contribution in [2.75, 3.05) is 11.9 Å². The third-order valence-electron chi connectivity index (χ3n) is 3.27. The molecule has 0 aliphatic rings. The van der Waals surface area contributed by atoms with Crippen molar-refractivity contribution in [1.29, 1.82) is 0 Å². The van der Waals surface area contributed by atoms with Crippen LogP contribution in [0.4, 0.5) is 11.4 Å². The molecule has 0 aromatic heterocycles. The number of anilines is 1. The Morgan fingerprint density at radius 2 is 1.85 bits per heavy atom. The fourth-order valence-corrected chi connectivity index (χ4v) is 2.26. The molecule has 0 heterocycles. The number of nitro groups is 1. The van der Waals surface area contributed by atoms with E-state index in [0.29, 0.717) is 10.7 Å². The minimum atomic E-state index is -1.10. The summed E-state index contributed by atoms with van der Waals surface area (Å²) in [6.07, 6.45) is -1.10.